The average Bonchev–Trinajstić information content (AvgIpc) is 2.79. The lowest BCUT2D eigenvalue weighted by Gasteiger charge is -2.09. The van der Waals surface area contributed by atoms with Crippen LogP contribution in [-0.4, -0.2) is 58.2 Å². The van der Waals surface area contributed by atoms with E-state index in [2.05, 4.69) is 15.6 Å². The van der Waals surface area contributed by atoms with E-state index in [0.29, 0.717) is 32.5 Å². The molecule has 7 nitrogen and oxygen atoms in total. The zero-order chi connectivity index (χ0) is 13.4. The predicted molar refractivity (Wildman–Crippen MR) is 66.7 cm³/mol. The largest absolute Gasteiger partial charge is 0.396 e. The number of aromatic nitrogens is 3. The molecule has 0 aliphatic rings. The van der Waals surface area contributed by atoms with Gasteiger partial charge >= 0.3 is 0 Å². The fourth-order valence-electron chi connectivity index (χ4n) is 1.40. The molecule has 7 heteroatoms. The lowest BCUT2D eigenvalue weighted by Crippen LogP contribution is -2.26. The van der Waals surface area contributed by atoms with Gasteiger partial charge in [0.25, 0.3) is 0 Å². The van der Waals surface area contributed by atoms with Crippen molar-refractivity contribution in [3.8, 4) is 0 Å². The van der Waals surface area contributed by atoms with Crippen molar-refractivity contribution in [2.45, 2.75) is 25.9 Å². The van der Waals surface area contributed by atoms with Crippen LogP contribution in [0.2, 0.25) is 0 Å². The molecule has 1 heterocycles. The highest BCUT2D eigenvalue weighted by Crippen LogP contribution is 1.94. The Bertz CT molecular complexity index is 364. The molecule has 0 saturated carbocycles. The number of carbonyl (C=O) groups excluding carboxylic acids is 1. The Labute approximate surface area is 107 Å². The zero-order valence-corrected chi connectivity index (χ0v) is 11.0. The molecule has 0 saturated heterocycles. The Morgan fingerprint density at radius 2 is 2.33 bits per heavy atom. The number of carbonyl (C=O) groups is 1. The molecule has 102 valence electrons. The first kappa shape index (κ1) is 14.6. The van der Waals surface area contributed by atoms with Crippen molar-refractivity contribution in [1.82, 2.24) is 25.2 Å². The summed E-state index contributed by atoms with van der Waals surface area (Å²) in [5.41, 5.74) is 0.838. The number of aliphatic hydroxyl groups excluding tert-OH is 1. The van der Waals surface area contributed by atoms with Gasteiger partial charge in [0.05, 0.1) is 5.69 Å². The standard InChI is InChI=1S/C11H21N5O2/c1-15(2)11(18)4-5-12-8-10-9-16(14-13-10)6-3-7-17/h9,12,17H,3-8H2,1-2H3. The van der Waals surface area contributed by atoms with Gasteiger partial charge in [0, 0.05) is 53.0 Å². The van der Waals surface area contributed by atoms with Gasteiger partial charge in [0.1, 0.15) is 0 Å². The van der Waals surface area contributed by atoms with Gasteiger partial charge in [-0.05, 0) is 6.42 Å². The van der Waals surface area contributed by atoms with Gasteiger partial charge in [0.2, 0.25) is 5.91 Å². The Morgan fingerprint density at radius 3 is 3.00 bits per heavy atom. The molecule has 2 N–H and O–H groups in total. The van der Waals surface area contributed by atoms with E-state index < -0.39 is 0 Å². The summed E-state index contributed by atoms with van der Waals surface area (Å²) in [7, 11) is 3.49. The first-order valence-electron chi connectivity index (χ1n) is 6.04. The first-order chi connectivity index (χ1) is 8.63. The van der Waals surface area contributed by atoms with Crippen LogP contribution in [0.25, 0.3) is 0 Å². The van der Waals surface area contributed by atoms with E-state index in [4.69, 9.17) is 5.11 Å². The van der Waals surface area contributed by atoms with Gasteiger partial charge in [-0.2, -0.15) is 0 Å². The third-order valence-electron chi connectivity index (χ3n) is 2.45. The number of rotatable bonds is 8. The van der Waals surface area contributed by atoms with Crippen LogP contribution in [0.3, 0.4) is 0 Å². The normalized spacial score (nSPS) is 10.6. The molecule has 0 aliphatic carbocycles. The van der Waals surface area contributed by atoms with Crippen molar-refractivity contribution in [2.24, 2.45) is 0 Å². The highest BCUT2D eigenvalue weighted by Gasteiger charge is 2.04. The topological polar surface area (TPSA) is 83.3 Å². The number of nitrogens with zero attached hydrogens (tertiary/aromatic N) is 4. The molecule has 1 rings (SSSR count). The van der Waals surface area contributed by atoms with Crippen molar-refractivity contribution >= 4 is 5.91 Å². The minimum absolute atomic E-state index is 0.106. The van der Waals surface area contributed by atoms with Crippen molar-refractivity contribution in [1.29, 1.82) is 0 Å². The maximum Gasteiger partial charge on any atom is 0.223 e. The van der Waals surface area contributed by atoms with Crippen LogP contribution in [0.15, 0.2) is 6.20 Å². The minimum atomic E-state index is 0.106. The van der Waals surface area contributed by atoms with E-state index in [1.807, 2.05) is 6.20 Å². The van der Waals surface area contributed by atoms with Crippen molar-refractivity contribution in [3.05, 3.63) is 11.9 Å². The van der Waals surface area contributed by atoms with Crippen LogP contribution in [0.5, 0.6) is 0 Å². The summed E-state index contributed by atoms with van der Waals surface area (Å²) in [5.74, 6) is 0.106. The molecule has 1 aromatic heterocycles. The van der Waals surface area contributed by atoms with Crippen LogP contribution >= 0.6 is 0 Å². The van der Waals surface area contributed by atoms with Gasteiger partial charge in [-0.1, -0.05) is 5.21 Å². The smallest absolute Gasteiger partial charge is 0.223 e. The van der Waals surface area contributed by atoms with Crippen LogP contribution in [0.4, 0.5) is 0 Å². The fraction of sp³-hybridized carbons (Fsp3) is 0.727. The SMILES string of the molecule is CN(C)C(=O)CCNCc1cn(CCCO)nn1. The van der Waals surface area contributed by atoms with Gasteiger partial charge < -0.3 is 15.3 Å². The lowest BCUT2D eigenvalue weighted by molar-refractivity contribution is -0.128. The number of hydrogen-bond donors (Lipinski definition) is 2. The predicted octanol–water partition coefficient (Wildman–Crippen LogP) is -0.772. The summed E-state index contributed by atoms with van der Waals surface area (Å²) in [6.07, 6.45) is 3.00. The van der Waals surface area contributed by atoms with Gasteiger partial charge in [-0.25, -0.2) is 0 Å². The van der Waals surface area contributed by atoms with E-state index in [0.717, 1.165) is 5.69 Å². The van der Waals surface area contributed by atoms with Gasteiger partial charge in [-0.15, -0.1) is 5.10 Å². The van der Waals surface area contributed by atoms with Crippen molar-refractivity contribution in [2.75, 3.05) is 27.2 Å². The zero-order valence-electron chi connectivity index (χ0n) is 11.0. The third kappa shape index (κ3) is 5.24. The van der Waals surface area contributed by atoms with E-state index in [1.165, 1.54) is 0 Å². The minimum Gasteiger partial charge on any atom is -0.396 e. The van der Waals surface area contributed by atoms with E-state index >= 15 is 0 Å². The van der Waals surface area contributed by atoms with E-state index in [-0.39, 0.29) is 12.5 Å². The molecule has 0 spiro atoms. The van der Waals surface area contributed by atoms with E-state index in [1.54, 1.807) is 23.7 Å². The Balaban J connectivity index is 2.19. The van der Waals surface area contributed by atoms with Crippen molar-refractivity contribution < 1.29 is 9.90 Å². The van der Waals surface area contributed by atoms with E-state index in [9.17, 15) is 4.79 Å². The number of aryl methyl sites for hydroxylation is 1. The molecular weight excluding hydrogens is 234 g/mol. The Kier molecular flexibility index (Phi) is 6.31. The number of amides is 1. The van der Waals surface area contributed by atoms with Gasteiger partial charge in [-0.3, -0.25) is 9.48 Å². The van der Waals surface area contributed by atoms with Crippen LogP contribution < -0.4 is 5.32 Å². The molecule has 0 aromatic carbocycles. The summed E-state index contributed by atoms with van der Waals surface area (Å²) >= 11 is 0. The van der Waals surface area contributed by atoms with Crippen LogP contribution in [0.1, 0.15) is 18.5 Å². The maximum atomic E-state index is 11.3. The number of nitrogens with one attached hydrogen (secondary N) is 1. The Morgan fingerprint density at radius 1 is 1.56 bits per heavy atom. The molecule has 1 aromatic rings. The number of hydrogen-bond acceptors (Lipinski definition) is 5. The van der Waals surface area contributed by atoms with Crippen LogP contribution in [0, 0.1) is 0 Å². The number of aliphatic hydroxyl groups is 1. The molecule has 0 aliphatic heterocycles. The molecule has 0 bridgehead atoms. The molecule has 1 amide bonds. The molecule has 0 radical (unpaired) electrons. The summed E-state index contributed by atoms with van der Waals surface area (Å²) in [5, 5.41) is 19.8. The van der Waals surface area contributed by atoms with Crippen molar-refractivity contribution in [3.63, 3.8) is 0 Å². The summed E-state index contributed by atoms with van der Waals surface area (Å²) in [4.78, 5) is 12.9. The fourth-order valence-corrected chi connectivity index (χ4v) is 1.40. The molecular formula is C11H21N5O2. The molecule has 0 fully saturated rings. The molecule has 0 unspecified atom stereocenters. The summed E-state index contributed by atoms with van der Waals surface area (Å²) in [6.45, 7) is 2.04. The second-order valence-electron chi connectivity index (χ2n) is 4.27. The average molecular weight is 255 g/mol. The third-order valence-corrected chi connectivity index (χ3v) is 2.45. The first-order valence-corrected chi connectivity index (χ1v) is 6.04. The summed E-state index contributed by atoms with van der Waals surface area (Å²) in [6, 6.07) is 0. The maximum absolute atomic E-state index is 11.3. The molecule has 0 atom stereocenters. The summed E-state index contributed by atoms with van der Waals surface area (Å²) < 4.78 is 1.71. The van der Waals surface area contributed by atoms with Gasteiger partial charge in [0.15, 0.2) is 0 Å². The highest BCUT2D eigenvalue weighted by molar-refractivity contribution is 5.75. The van der Waals surface area contributed by atoms with Crippen LogP contribution in [-0.2, 0) is 17.9 Å². The lowest BCUT2D eigenvalue weighted by atomic mass is 10.3. The highest BCUT2D eigenvalue weighted by atomic mass is 16.3. The second kappa shape index (κ2) is 7.78. The monoisotopic (exact) mass is 255 g/mol. The molecule has 18 heavy (non-hydrogen) atoms. The quantitative estimate of drug-likeness (QED) is 0.596. The Hall–Kier alpha value is -1.47. The second-order valence-corrected chi connectivity index (χ2v) is 4.27.